The molecule has 176 valence electrons. The van der Waals surface area contributed by atoms with Gasteiger partial charge in [-0.05, 0) is 37.3 Å². The van der Waals surface area contributed by atoms with Crippen LogP contribution in [-0.4, -0.2) is 43.1 Å². The molecule has 1 aromatic heterocycles. The van der Waals surface area contributed by atoms with Crippen LogP contribution < -0.4 is 14.5 Å². The highest BCUT2D eigenvalue weighted by atomic mass is 35.5. The Balaban J connectivity index is 1.67. The molecule has 1 aliphatic rings. The van der Waals surface area contributed by atoms with Crippen LogP contribution in [0.15, 0.2) is 54.7 Å². The van der Waals surface area contributed by atoms with Gasteiger partial charge in [0.05, 0.1) is 29.2 Å². The predicted octanol–water partition coefficient (Wildman–Crippen LogP) is 5.35. The smallest absolute Gasteiger partial charge is 0.325 e. The summed E-state index contributed by atoms with van der Waals surface area (Å²) in [5.74, 6) is -1.49. The van der Waals surface area contributed by atoms with Crippen LogP contribution in [0.5, 0.6) is 11.6 Å². The van der Waals surface area contributed by atoms with E-state index in [1.165, 1.54) is 11.0 Å². The van der Waals surface area contributed by atoms with Crippen molar-refractivity contribution in [2.45, 2.75) is 6.92 Å². The predicted molar refractivity (Wildman–Crippen MR) is 128 cm³/mol. The average Bonchev–Trinajstić information content (AvgIpc) is 2.82. The summed E-state index contributed by atoms with van der Waals surface area (Å²) >= 11 is 12.2. The van der Waals surface area contributed by atoms with Crippen LogP contribution in [0.1, 0.15) is 17.3 Å². The molecular formula is C24H20Cl2FN3O4. The molecule has 0 radical (unpaired) electrons. The summed E-state index contributed by atoms with van der Waals surface area (Å²) < 4.78 is 25.0. The van der Waals surface area contributed by atoms with Crippen molar-refractivity contribution in [1.29, 1.82) is 0 Å². The lowest BCUT2D eigenvalue weighted by atomic mass is 10.1. The van der Waals surface area contributed by atoms with Crippen molar-refractivity contribution in [1.82, 2.24) is 4.98 Å². The molecule has 1 amide bonds. The molecule has 2 heterocycles. The zero-order valence-electron chi connectivity index (χ0n) is 18.1. The highest BCUT2D eigenvalue weighted by Crippen LogP contribution is 2.36. The molecule has 3 aromatic rings. The van der Waals surface area contributed by atoms with Gasteiger partial charge < -0.3 is 19.3 Å². The molecule has 34 heavy (non-hydrogen) atoms. The number of amides is 1. The van der Waals surface area contributed by atoms with Crippen LogP contribution >= 0.6 is 23.2 Å². The maximum absolute atomic E-state index is 14.1. The van der Waals surface area contributed by atoms with E-state index < -0.39 is 11.7 Å². The Morgan fingerprint density at radius 1 is 1.09 bits per heavy atom. The molecular weight excluding hydrogens is 484 g/mol. The van der Waals surface area contributed by atoms with Gasteiger partial charge in [-0.1, -0.05) is 35.3 Å². The number of hydrogen-bond acceptors (Lipinski definition) is 6. The second-order valence-electron chi connectivity index (χ2n) is 7.36. The summed E-state index contributed by atoms with van der Waals surface area (Å²) in [5, 5.41) is 0.632. The van der Waals surface area contributed by atoms with E-state index >= 15 is 0 Å². The minimum absolute atomic E-state index is 0.0516. The number of hydrogen-bond donors (Lipinski definition) is 0. The molecule has 0 saturated heterocycles. The number of anilines is 2. The Morgan fingerprint density at radius 2 is 1.85 bits per heavy atom. The first-order chi connectivity index (χ1) is 16.4. The van der Waals surface area contributed by atoms with Crippen LogP contribution in [0.25, 0.3) is 0 Å². The number of para-hydroxylation sites is 2. The Hall–Kier alpha value is -3.36. The molecule has 10 heteroatoms. The van der Waals surface area contributed by atoms with Gasteiger partial charge in [0.1, 0.15) is 23.7 Å². The van der Waals surface area contributed by atoms with Gasteiger partial charge in [0, 0.05) is 24.2 Å². The van der Waals surface area contributed by atoms with Crippen molar-refractivity contribution in [3.05, 3.63) is 76.2 Å². The Bertz CT molecular complexity index is 1240. The number of benzene rings is 2. The van der Waals surface area contributed by atoms with Gasteiger partial charge in [0.15, 0.2) is 0 Å². The number of halogens is 3. The van der Waals surface area contributed by atoms with Crippen molar-refractivity contribution in [3.8, 4) is 11.6 Å². The molecule has 1 aliphatic heterocycles. The summed E-state index contributed by atoms with van der Waals surface area (Å²) in [7, 11) is 0. The highest BCUT2D eigenvalue weighted by Gasteiger charge is 2.31. The molecule has 0 bridgehead atoms. The van der Waals surface area contributed by atoms with Gasteiger partial charge in [0.25, 0.3) is 5.91 Å². The maximum Gasteiger partial charge on any atom is 0.325 e. The van der Waals surface area contributed by atoms with Crippen LogP contribution in [-0.2, 0) is 9.53 Å². The Kier molecular flexibility index (Phi) is 7.19. The normalized spacial score (nSPS) is 12.8. The van der Waals surface area contributed by atoms with Gasteiger partial charge in [-0.15, -0.1) is 0 Å². The first-order valence-corrected chi connectivity index (χ1v) is 11.2. The summed E-state index contributed by atoms with van der Waals surface area (Å²) in [6, 6.07) is 12.8. The number of esters is 1. The second kappa shape index (κ2) is 10.3. The van der Waals surface area contributed by atoms with Crippen molar-refractivity contribution < 1.29 is 23.5 Å². The topological polar surface area (TPSA) is 72.0 Å². The van der Waals surface area contributed by atoms with Gasteiger partial charge >= 0.3 is 5.97 Å². The van der Waals surface area contributed by atoms with Crippen molar-refractivity contribution in [2.75, 3.05) is 36.0 Å². The van der Waals surface area contributed by atoms with Gasteiger partial charge in [0.2, 0.25) is 5.88 Å². The summed E-state index contributed by atoms with van der Waals surface area (Å²) in [6.07, 6.45) is 0.954. The minimum atomic E-state index is -0.692. The highest BCUT2D eigenvalue weighted by molar-refractivity contribution is 6.34. The van der Waals surface area contributed by atoms with E-state index in [-0.39, 0.29) is 47.9 Å². The number of rotatable bonds is 6. The van der Waals surface area contributed by atoms with Gasteiger partial charge in [-0.2, -0.15) is 0 Å². The number of aromatic nitrogens is 1. The second-order valence-corrected chi connectivity index (χ2v) is 8.20. The van der Waals surface area contributed by atoms with Crippen molar-refractivity contribution in [3.63, 3.8) is 0 Å². The Morgan fingerprint density at radius 3 is 2.62 bits per heavy atom. The van der Waals surface area contributed by atoms with E-state index in [1.54, 1.807) is 37.3 Å². The van der Waals surface area contributed by atoms with E-state index in [2.05, 4.69) is 4.98 Å². The molecule has 7 nitrogen and oxygen atoms in total. The maximum atomic E-state index is 14.1. The van der Waals surface area contributed by atoms with Crippen molar-refractivity contribution >= 4 is 46.5 Å². The van der Waals surface area contributed by atoms with E-state index in [0.29, 0.717) is 22.9 Å². The minimum Gasteiger partial charge on any atom is -0.465 e. The molecule has 0 saturated carbocycles. The summed E-state index contributed by atoms with van der Waals surface area (Å²) in [4.78, 5) is 32.9. The van der Waals surface area contributed by atoms with Crippen LogP contribution in [0.4, 0.5) is 15.8 Å². The van der Waals surface area contributed by atoms with E-state index in [4.69, 9.17) is 32.7 Å². The SMILES string of the molecule is CCOC(=O)CN1CCN(C(=O)c2cc(F)cnc2Oc2cc(Cl)ccc2Cl)c2ccccc21. The van der Waals surface area contributed by atoms with E-state index in [0.717, 1.165) is 12.3 Å². The third-order valence-corrected chi connectivity index (χ3v) is 5.67. The quantitative estimate of drug-likeness (QED) is 0.422. The number of pyridine rings is 1. The van der Waals surface area contributed by atoms with E-state index in [1.807, 2.05) is 11.0 Å². The van der Waals surface area contributed by atoms with E-state index in [9.17, 15) is 14.0 Å². The Labute approximate surface area is 205 Å². The van der Waals surface area contributed by atoms with Gasteiger partial charge in [-0.25, -0.2) is 9.37 Å². The average molecular weight is 504 g/mol. The van der Waals surface area contributed by atoms with Crippen LogP contribution in [0, 0.1) is 5.82 Å². The third kappa shape index (κ3) is 5.08. The molecule has 0 aliphatic carbocycles. The molecule has 0 fully saturated rings. The number of fused-ring (bicyclic) bond motifs is 1. The number of nitrogens with zero attached hydrogens (tertiary/aromatic N) is 3. The fourth-order valence-electron chi connectivity index (χ4n) is 3.63. The molecule has 0 spiro atoms. The largest absolute Gasteiger partial charge is 0.465 e. The third-order valence-electron chi connectivity index (χ3n) is 5.13. The fourth-order valence-corrected chi connectivity index (χ4v) is 3.94. The monoisotopic (exact) mass is 503 g/mol. The van der Waals surface area contributed by atoms with Gasteiger partial charge in [-0.3, -0.25) is 9.59 Å². The number of carbonyl (C=O) groups excluding carboxylic acids is 2. The number of ether oxygens (including phenoxy) is 2. The zero-order valence-corrected chi connectivity index (χ0v) is 19.6. The fraction of sp³-hybridized carbons (Fsp3) is 0.208. The lowest BCUT2D eigenvalue weighted by Crippen LogP contribution is -2.46. The summed E-state index contributed by atoms with van der Waals surface area (Å²) in [6.45, 7) is 2.70. The molecule has 0 N–H and O–H groups in total. The molecule has 2 aromatic carbocycles. The lowest BCUT2D eigenvalue weighted by Gasteiger charge is -2.37. The summed E-state index contributed by atoms with van der Waals surface area (Å²) in [5.41, 5.74) is 1.17. The molecule has 0 atom stereocenters. The standard InChI is InChI=1S/C24H20Cl2FN3O4/c1-2-33-22(31)14-29-9-10-30(20-6-4-3-5-19(20)29)24(32)17-12-16(27)13-28-23(17)34-21-11-15(25)7-8-18(21)26/h3-8,11-13H,2,9-10,14H2,1H3. The molecule has 4 rings (SSSR count). The lowest BCUT2D eigenvalue weighted by molar-refractivity contribution is -0.141. The number of carbonyl (C=O) groups is 2. The first-order valence-electron chi connectivity index (χ1n) is 10.5. The molecule has 0 unspecified atom stereocenters. The van der Waals surface area contributed by atoms with Crippen LogP contribution in [0.2, 0.25) is 10.0 Å². The zero-order chi connectivity index (χ0) is 24.2. The first kappa shape index (κ1) is 23.8. The van der Waals surface area contributed by atoms with Crippen molar-refractivity contribution in [2.24, 2.45) is 0 Å². The van der Waals surface area contributed by atoms with Crippen LogP contribution in [0.3, 0.4) is 0 Å².